The smallest absolute Gasteiger partial charge is 0.279 e. The first-order valence-electron chi connectivity index (χ1n) is 4.25. The van der Waals surface area contributed by atoms with Crippen molar-refractivity contribution in [2.45, 2.75) is 6.18 Å². The highest BCUT2D eigenvalue weighted by molar-refractivity contribution is 7.71. The average Bonchev–Trinajstić information content (AvgIpc) is 2.63. The molecule has 0 unspecified atom stereocenters. The van der Waals surface area contributed by atoms with Crippen molar-refractivity contribution in [1.82, 2.24) is 19.7 Å². The topological polar surface area (TPSA) is 46.5 Å². The molecule has 0 radical (unpaired) electrons. The van der Waals surface area contributed by atoms with Crippen LogP contribution in [0.2, 0.25) is 5.02 Å². The van der Waals surface area contributed by atoms with Crippen molar-refractivity contribution in [3.05, 3.63) is 33.9 Å². The molecule has 0 fully saturated rings. The fourth-order valence-corrected chi connectivity index (χ4v) is 1.60. The lowest BCUT2D eigenvalue weighted by atomic mass is 10.3. The standard InChI is InChI=1S/C8H4ClF3N4S/c9-5-1-4(8(10,11)12)2-13-6(5)16-7(17)14-3-15-16/h1-3H,(H,14,15,17). The van der Waals surface area contributed by atoms with Gasteiger partial charge in [-0.1, -0.05) is 11.6 Å². The van der Waals surface area contributed by atoms with Crippen molar-refractivity contribution in [2.24, 2.45) is 0 Å². The van der Waals surface area contributed by atoms with Gasteiger partial charge in [0.15, 0.2) is 5.82 Å². The van der Waals surface area contributed by atoms with Crippen molar-refractivity contribution in [2.75, 3.05) is 0 Å². The number of nitrogens with one attached hydrogen (secondary N) is 1. The fraction of sp³-hybridized carbons (Fsp3) is 0.125. The van der Waals surface area contributed by atoms with E-state index in [0.717, 1.165) is 6.07 Å². The number of aromatic amines is 1. The summed E-state index contributed by atoms with van der Waals surface area (Å²) in [5.74, 6) is 0.0715. The summed E-state index contributed by atoms with van der Waals surface area (Å²) < 4.78 is 38.5. The van der Waals surface area contributed by atoms with E-state index in [2.05, 4.69) is 15.1 Å². The van der Waals surface area contributed by atoms with Gasteiger partial charge in [0.05, 0.1) is 10.6 Å². The Morgan fingerprint density at radius 1 is 1.35 bits per heavy atom. The summed E-state index contributed by atoms with van der Waals surface area (Å²) in [7, 11) is 0. The molecule has 2 rings (SSSR count). The van der Waals surface area contributed by atoms with Crippen molar-refractivity contribution in [3.8, 4) is 5.82 Å². The quantitative estimate of drug-likeness (QED) is 0.817. The number of alkyl halides is 3. The van der Waals surface area contributed by atoms with E-state index in [4.69, 9.17) is 23.8 Å². The maximum absolute atomic E-state index is 12.4. The molecule has 0 aliphatic heterocycles. The van der Waals surface area contributed by atoms with Gasteiger partial charge in [-0.05, 0) is 18.3 Å². The Morgan fingerprint density at radius 2 is 2.06 bits per heavy atom. The number of rotatable bonds is 1. The summed E-state index contributed by atoms with van der Waals surface area (Å²) in [6.45, 7) is 0. The Labute approximate surface area is 103 Å². The van der Waals surface area contributed by atoms with Gasteiger partial charge in [-0.15, -0.1) is 0 Å². The van der Waals surface area contributed by atoms with E-state index >= 15 is 0 Å². The zero-order chi connectivity index (χ0) is 12.6. The summed E-state index contributed by atoms with van der Waals surface area (Å²) in [4.78, 5) is 7.33. The van der Waals surface area contributed by atoms with E-state index in [1.165, 1.54) is 11.0 Å². The molecule has 0 aliphatic rings. The third kappa shape index (κ3) is 2.32. The van der Waals surface area contributed by atoms with Crippen LogP contribution in [-0.4, -0.2) is 19.7 Å². The molecule has 0 amide bonds. The second kappa shape index (κ2) is 4.11. The molecular weight excluding hydrogens is 277 g/mol. The second-order valence-corrected chi connectivity index (χ2v) is 3.80. The van der Waals surface area contributed by atoms with Crippen LogP contribution in [0.4, 0.5) is 13.2 Å². The summed E-state index contributed by atoms with van der Waals surface area (Å²) >= 11 is 10.6. The summed E-state index contributed by atoms with van der Waals surface area (Å²) in [5.41, 5.74) is -0.919. The first kappa shape index (κ1) is 12.1. The summed E-state index contributed by atoms with van der Waals surface area (Å²) in [5, 5.41) is 2.43. The molecule has 0 atom stereocenters. The van der Waals surface area contributed by atoms with Crippen LogP contribution < -0.4 is 0 Å². The number of pyridine rings is 1. The van der Waals surface area contributed by atoms with Crippen molar-refractivity contribution in [1.29, 1.82) is 0 Å². The molecule has 0 bridgehead atoms. The molecule has 90 valence electrons. The molecule has 9 heteroatoms. The van der Waals surface area contributed by atoms with Crippen molar-refractivity contribution >= 4 is 23.8 Å². The van der Waals surface area contributed by atoms with Crippen LogP contribution in [0.5, 0.6) is 0 Å². The molecule has 0 saturated carbocycles. The van der Waals surface area contributed by atoms with Crippen LogP contribution >= 0.6 is 23.8 Å². The van der Waals surface area contributed by atoms with E-state index in [0.29, 0.717) is 6.20 Å². The molecule has 0 saturated heterocycles. The van der Waals surface area contributed by atoms with Gasteiger partial charge in [-0.3, -0.25) is 5.10 Å². The van der Waals surface area contributed by atoms with Gasteiger partial charge in [0.1, 0.15) is 6.33 Å². The van der Waals surface area contributed by atoms with Crippen molar-refractivity contribution in [3.63, 3.8) is 0 Å². The van der Waals surface area contributed by atoms with Gasteiger partial charge in [0.2, 0.25) is 4.77 Å². The van der Waals surface area contributed by atoms with Gasteiger partial charge >= 0.3 is 6.18 Å². The largest absolute Gasteiger partial charge is 0.417 e. The first-order chi connectivity index (χ1) is 7.89. The lowest BCUT2D eigenvalue weighted by molar-refractivity contribution is -0.137. The zero-order valence-electron chi connectivity index (χ0n) is 7.99. The third-order valence-electron chi connectivity index (χ3n) is 1.91. The monoisotopic (exact) mass is 280 g/mol. The van der Waals surface area contributed by atoms with Crippen LogP contribution in [0.3, 0.4) is 0 Å². The Kier molecular flexibility index (Phi) is 2.92. The van der Waals surface area contributed by atoms with Crippen LogP contribution in [0.1, 0.15) is 5.56 Å². The number of halogens is 4. The average molecular weight is 281 g/mol. The minimum absolute atomic E-state index is 0.0715. The van der Waals surface area contributed by atoms with Gasteiger partial charge in [0.25, 0.3) is 0 Å². The number of nitrogens with zero attached hydrogens (tertiary/aromatic N) is 3. The SMILES string of the molecule is FC(F)(F)c1cnc(-n2[nH]cnc2=S)c(Cl)c1. The molecule has 17 heavy (non-hydrogen) atoms. The number of H-pyrrole nitrogens is 1. The highest BCUT2D eigenvalue weighted by atomic mass is 35.5. The zero-order valence-corrected chi connectivity index (χ0v) is 9.57. The minimum atomic E-state index is -4.48. The predicted molar refractivity (Wildman–Crippen MR) is 56.6 cm³/mol. The van der Waals surface area contributed by atoms with Crippen LogP contribution in [0, 0.1) is 4.77 Å². The van der Waals surface area contributed by atoms with E-state index in [1.54, 1.807) is 0 Å². The summed E-state index contributed by atoms with van der Waals surface area (Å²) in [6.07, 6.45) is -2.51. The van der Waals surface area contributed by atoms with Crippen LogP contribution in [0.25, 0.3) is 5.82 Å². The van der Waals surface area contributed by atoms with Crippen LogP contribution in [0.15, 0.2) is 18.6 Å². The molecule has 0 aliphatic carbocycles. The van der Waals surface area contributed by atoms with Gasteiger partial charge < -0.3 is 0 Å². The second-order valence-electron chi connectivity index (χ2n) is 3.03. The van der Waals surface area contributed by atoms with Gasteiger partial charge in [0, 0.05) is 6.20 Å². The highest BCUT2D eigenvalue weighted by Gasteiger charge is 2.31. The number of aromatic nitrogens is 4. The molecular formula is C8H4ClF3N4S. The third-order valence-corrected chi connectivity index (χ3v) is 2.48. The maximum atomic E-state index is 12.4. The fourth-order valence-electron chi connectivity index (χ4n) is 1.16. The first-order valence-corrected chi connectivity index (χ1v) is 5.04. The number of hydrogen-bond donors (Lipinski definition) is 1. The predicted octanol–water partition coefficient (Wildman–Crippen LogP) is 3.00. The minimum Gasteiger partial charge on any atom is -0.279 e. The molecule has 2 aromatic heterocycles. The molecule has 4 nitrogen and oxygen atoms in total. The lowest BCUT2D eigenvalue weighted by Crippen LogP contribution is -2.08. The Hall–Kier alpha value is -1.41. The summed E-state index contributed by atoms with van der Waals surface area (Å²) in [6, 6.07) is 0.784. The van der Waals surface area contributed by atoms with Gasteiger partial charge in [-0.2, -0.15) is 13.2 Å². The van der Waals surface area contributed by atoms with Crippen LogP contribution in [-0.2, 0) is 6.18 Å². The van der Waals surface area contributed by atoms with E-state index < -0.39 is 11.7 Å². The molecule has 2 heterocycles. The lowest BCUT2D eigenvalue weighted by Gasteiger charge is -2.08. The number of hydrogen-bond acceptors (Lipinski definition) is 3. The Bertz CT molecular complexity index is 603. The molecule has 2 aromatic rings. The van der Waals surface area contributed by atoms with Gasteiger partial charge in [-0.25, -0.2) is 14.6 Å². The maximum Gasteiger partial charge on any atom is 0.417 e. The highest BCUT2D eigenvalue weighted by Crippen LogP contribution is 2.31. The van der Waals surface area contributed by atoms with E-state index in [1.807, 2.05) is 0 Å². The van der Waals surface area contributed by atoms with E-state index in [-0.39, 0.29) is 15.6 Å². The van der Waals surface area contributed by atoms with E-state index in [9.17, 15) is 13.2 Å². The molecule has 0 spiro atoms. The molecule has 0 aromatic carbocycles. The Morgan fingerprint density at radius 3 is 2.53 bits per heavy atom. The normalized spacial score (nSPS) is 11.8. The molecule has 1 N–H and O–H groups in total. The van der Waals surface area contributed by atoms with Crippen molar-refractivity contribution < 1.29 is 13.2 Å². The Balaban J connectivity index is 2.54.